The van der Waals surface area contributed by atoms with Crippen molar-refractivity contribution < 1.29 is 14.3 Å². The Morgan fingerprint density at radius 1 is 1.42 bits per heavy atom. The van der Waals surface area contributed by atoms with Crippen molar-refractivity contribution in [1.82, 2.24) is 5.32 Å². The molecular weight excluding hydrogens is 242 g/mol. The van der Waals surface area contributed by atoms with Crippen LogP contribution in [0.3, 0.4) is 0 Å². The second-order valence-electron chi connectivity index (χ2n) is 5.58. The third kappa shape index (κ3) is 2.39. The lowest BCUT2D eigenvalue weighted by Crippen LogP contribution is -2.29. The number of carbonyl (C=O) groups excluding carboxylic acids is 1. The standard InChI is InChI=1S/C15H19NO3/c1-9(2)15(17)16-7-10-6-12(10)11-4-3-5-13-14(11)19-8-18-13/h3-5,9-10,12H,6-8H2,1-2H3,(H,16,17)/t10-,12+/m0/s1. The van der Waals surface area contributed by atoms with Crippen LogP contribution in [-0.4, -0.2) is 19.2 Å². The van der Waals surface area contributed by atoms with Crippen molar-refractivity contribution in [2.24, 2.45) is 11.8 Å². The van der Waals surface area contributed by atoms with Gasteiger partial charge in [0, 0.05) is 18.0 Å². The molecule has 102 valence electrons. The van der Waals surface area contributed by atoms with E-state index in [-0.39, 0.29) is 11.8 Å². The van der Waals surface area contributed by atoms with Gasteiger partial charge in [-0.3, -0.25) is 4.79 Å². The van der Waals surface area contributed by atoms with E-state index >= 15 is 0 Å². The Hall–Kier alpha value is -1.71. The highest BCUT2D eigenvalue weighted by Crippen LogP contribution is 2.52. The number of hydrogen-bond acceptors (Lipinski definition) is 3. The van der Waals surface area contributed by atoms with Crippen molar-refractivity contribution in [1.29, 1.82) is 0 Å². The topological polar surface area (TPSA) is 47.6 Å². The van der Waals surface area contributed by atoms with Gasteiger partial charge in [0.25, 0.3) is 0 Å². The summed E-state index contributed by atoms with van der Waals surface area (Å²) in [4.78, 5) is 11.5. The van der Waals surface area contributed by atoms with E-state index in [4.69, 9.17) is 9.47 Å². The first kappa shape index (κ1) is 12.3. The number of carbonyl (C=O) groups is 1. The van der Waals surface area contributed by atoms with Crippen molar-refractivity contribution in [2.45, 2.75) is 26.2 Å². The van der Waals surface area contributed by atoms with Crippen LogP contribution in [0.2, 0.25) is 0 Å². The predicted octanol–water partition coefficient (Wildman–Crippen LogP) is 2.29. The molecule has 2 atom stereocenters. The number of nitrogens with one attached hydrogen (secondary N) is 1. The molecule has 0 saturated heterocycles. The third-order valence-electron chi connectivity index (χ3n) is 3.81. The number of hydrogen-bond donors (Lipinski definition) is 1. The molecule has 1 aliphatic heterocycles. The van der Waals surface area contributed by atoms with Crippen molar-refractivity contribution in [3.63, 3.8) is 0 Å². The molecule has 0 bridgehead atoms. The Kier molecular flexibility index (Phi) is 3.09. The molecule has 0 unspecified atom stereocenters. The average Bonchev–Trinajstić information content (AvgIpc) is 3.00. The van der Waals surface area contributed by atoms with E-state index in [9.17, 15) is 4.79 Å². The molecule has 0 radical (unpaired) electrons. The first-order chi connectivity index (χ1) is 9.16. The minimum absolute atomic E-state index is 0.0508. The van der Waals surface area contributed by atoms with E-state index in [0.717, 1.165) is 24.5 Å². The van der Waals surface area contributed by atoms with Gasteiger partial charge < -0.3 is 14.8 Å². The number of ether oxygens (including phenoxy) is 2. The van der Waals surface area contributed by atoms with E-state index in [1.54, 1.807) is 0 Å². The minimum atomic E-state index is 0.0508. The molecule has 4 nitrogen and oxygen atoms in total. The number of para-hydroxylation sites is 1. The highest BCUT2D eigenvalue weighted by molar-refractivity contribution is 5.77. The van der Waals surface area contributed by atoms with Crippen LogP contribution in [0.15, 0.2) is 18.2 Å². The third-order valence-corrected chi connectivity index (χ3v) is 3.81. The van der Waals surface area contributed by atoms with Crippen LogP contribution in [0, 0.1) is 11.8 Å². The van der Waals surface area contributed by atoms with Gasteiger partial charge in [-0.1, -0.05) is 26.0 Å². The maximum absolute atomic E-state index is 11.5. The van der Waals surface area contributed by atoms with Gasteiger partial charge in [0.1, 0.15) is 0 Å². The molecule has 1 heterocycles. The molecule has 1 N–H and O–H groups in total. The fourth-order valence-electron chi connectivity index (χ4n) is 2.53. The summed E-state index contributed by atoms with van der Waals surface area (Å²) >= 11 is 0. The van der Waals surface area contributed by atoms with Gasteiger partial charge in [-0.05, 0) is 24.3 Å². The fraction of sp³-hybridized carbons (Fsp3) is 0.533. The summed E-state index contributed by atoms with van der Waals surface area (Å²) in [5.74, 6) is 2.93. The van der Waals surface area contributed by atoms with Crippen molar-refractivity contribution in [3.8, 4) is 11.5 Å². The van der Waals surface area contributed by atoms with Crippen molar-refractivity contribution in [3.05, 3.63) is 23.8 Å². The van der Waals surface area contributed by atoms with Gasteiger partial charge >= 0.3 is 0 Å². The normalized spacial score (nSPS) is 23.5. The van der Waals surface area contributed by atoms with Crippen molar-refractivity contribution in [2.75, 3.05) is 13.3 Å². The molecule has 1 aromatic carbocycles. The molecule has 0 aromatic heterocycles. The molecule has 3 rings (SSSR count). The quantitative estimate of drug-likeness (QED) is 0.904. The smallest absolute Gasteiger partial charge is 0.231 e. The monoisotopic (exact) mass is 261 g/mol. The van der Waals surface area contributed by atoms with Crippen LogP contribution in [0.4, 0.5) is 0 Å². The van der Waals surface area contributed by atoms with Crippen LogP contribution in [0.5, 0.6) is 11.5 Å². The molecule has 0 spiro atoms. The predicted molar refractivity (Wildman–Crippen MR) is 71.3 cm³/mol. The van der Waals surface area contributed by atoms with Crippen molar-refractivity contribution >= 4 is 5.91 Å². The molecule has 1 fully saturated rings. The Balaban J connectivity index is 1.61. The molecule has 1 amide bonds. The Labute approximate surface area is 113 Å². The van der Waals surface area contributed by atoms with Crippen LogP contribution < -0.4 is 14.8 Å². The first-order valence-electron chi connectivity index (χ1n) is 6.83. The zero-order chi connectivity index (χ0) is 13.4. The SMILES string of the molecule is CC(C)C(=O)NC[C@@H]1C[C@H]1c1cccc2c1OCO2. The second-order valence-corrected chi connectivity index (χ2v) is 5.58. The molecule has 2 aliphatic rings. The van der Waals surface area contributed by atoms with Crippen LogP contribution in [0.25, 0.3) is 0 Å². The van der Waals surface area contributed by atoms with Gasteiger partial charge in [0.2, 0.25) is 12.7 Å². The van der Waals surface area contributed by atoms with Gasteiger partial charge in [-0.25, -0.2) is 0 Å². The number of fused-ring (bicyclic) bond motifs is 1. The summed E-state index contributed by atoms with van der Waals surface area (Å²) in [6.45, 7) is 4.89. The summed E-state index contributed by atoms with van der Waals surface area (Å²) in [5.41, 5.74) is 1.22. The summed E-state index contributed by atoms with van der Waals surface area (Å²) in [7, 11) is 0. The van der Waals surface area contributed by atoms with E-state index in [0.29, 0.717) is 18.6 Å². The highest BCUT2D eigenvalue weighted by Gasteiger charge is 2.41. The maximum Gasteiger partial charge on any atom is 0.231 e. The minimum Gasteiger partial charge on any atom is -0.454 e. The van der Waals surface area contributed by atoms with Gasteiger partial charge in [-0.2, -0.15) is 0 Å². The summed E-state index contributed by atoms with van der Waals surface area (Å²) < 4.78 is 10.9. The molecular formula is C15H19NO3. The lowest BCUT2D eigenvalue weighted by atomic mass is 10.1. The Morgan fingerprint density at radius 3 is 3.05 bits per heavy atom. The second kappa shape index (κ2) is 4.76. The largest absolute Gasteiger partial charge is 0.454 e. The number of amides is 1. The van der Waals surface area contributed by atoms with Gasteiger partial charge in [0.05, 0.1) is 0 Å². The Bertz CT molecular complexity index is 498. The molecule has 1 saturated carbocycles. The average molecular weight is 261 g/mol. The lowest BCUT2D eigenvalue weighted by molar-refractivity contribution is -0.124. The van der Waals surface area contributed by atoms with Crippen LogP contribution in [0.1, 0.15) is 31.7 Å². The van der Waals surface area contributed by atoms with E-state index in [2.05, 4.69) is 11.4 Å². The van der Waals surface area contributed by atoms with E-state index in [1.807, 2.05) is 26.0 Å². The zero-order valence-electron chi connectivity index (χ0n) is 11.3. The summed E-state index contributed by atoms with van der Waals surface area (Å²) in [6, 6.07) is 6.04. The molecule has 1 aromatic rings. The zero-order valence-corrected chi connectivity index (χ0v) is 11.3. The van der Waals surface area contributed by atoms with Crippen LogP contribution >= 0.6 is 0 Å². The summed E-state index contributed by atoms with van der Waals surface area (Å²) in [5, 5.41) is 3.00. The highest BCUT2D eigenvalue weighted by atomic mass is 16.7. The lowest BCUT2D eigenvalue weighted by Gasteiger charge is -2.08. The van der Waals surface area contributed by atoms with Gasteiger partial charge in [0.15, 0.2) is 11.5 Å². The molecule has 1 aliphatic carbocycles. The summed E-state index contributed by atoms with van der Waals surface area (Å²) in [6.07, 6.45) is 1.11. The van der Waals surface area contributed by atoms with Crippen LogP contribution in [-0.2, 0) is 4.79 Å². The Morgan fingerprint density at radius 2 is 2.26 bits per heavy atom. The van der Waals surface area contributed by atoms with E-state index < -0.39 is 0 Å². The first-order valence-corrected chi connectivity index (χ1v) is 6.83. The van der Waals surface area contributed by atoms with E-state index in [1.165, 1.54) is 5.56 Å². The number of benzene rings is 1. The van der Waals surface area contributed by atoms with Gasteiger partial charge in [-0.15, -0.1) is 0 Å². The maximum atomic E-state index is 11.5. The fourth-order valence-corrected chi connectivity index (χ4v) is 2.53. The molecule has 19 heavy (non-hydrogen) atoms. The number of rotatable bonds is 4. The molecule has 4 heteroatoms.